The first-order chi connectivity index (χ1) is 12.4. The summed E-state index contributed by atoms with van der Waals surface area (Å²) in [5, 5.41) is 23.0. The number of amides is 1. The average molecular weight is 370 g/mol. The minimum absolute atomic E-state index is 0.172. The van der Waals surface area contributed by atoms with Gasteiger partial charge in [0.25, 0.3) is 5.91 Å². The molecule has 26 heavy (non-hydrogen) atoms. The van der Waals surface area contributed by atoms with Crippen LogP contribution in [0.15, 0.2) is 48.0 Å². The number of aliphatic carboxylic acids is 1. The molecule has 2 rings (SSSR count). The quantitative estimate of drug-likeness (QED) is 0.621. The van der Waals surface area contributed by atoms with Crippen molar-refractivity contribution in [1.82, 2.24) is 0 Å². The molecule has 0 saturated heterocycles. The van der Waals surface area contributed by atoms with E-state index in [0.717, 1.165) is 0 Å². The van der Waals surface area contributed by atoms with Crippen LogP contribution in [0.4, 0.5) is 5.69 Å². The predicted molar refractivity (Wildman–Crippen MR) is 95.4 cm³/mol. The summed E-state index contributed by atoms with van der Waals surface area (Å²) in [7, 11) is 0. The molecule has 0 aliphatic rings. The van der Waals surface area contributed by atoms with E-state index in [1.165, 1.54) is 12.1 Å². The van der Waals surface area contributed by atoms with E-state index in [4.69, 9.17) is 16.3 Å². The van der Waals surface area contributed by atoms with E-state index < -0.39 is 18.5 Å². The first-order valence-electron chi connectivity index (χ1n) is 7.52. The summed E-state index contributed by atoms with van der Waals surface area (Å²) in [6, 6.07) is 13.3. The molecule has 0 radical (unpaired) electrons. The summed E-state index contributed by atoms with van der Waals surface area (Å²) in [5.74, 6) is -1.78. The lowest BCUT2D eigenvalue weighted by atomic mass is 10.1. The molecular weight excluding hydrogens is 356 g/mol. The maximum atomic E-state index is 12.4. The molecular formula is C19H14ClN2O4-. The van der Waals surface area contributed by atoms with Crippen LogP contribution in [0.25, 0.3) is 6.08 Å². The SMILES string of the molecule is Cc1c(Cl)cccc1NC(=O)/C(C#N)=C/c1ccccc1OCC(=O)[O-]. The molecule has 0 aromatic heterocycles. The molecule has 0 bridgehead atoms. The van der Waals surface area contributed by atoms with E-state index in [0.29, 0.717) is 21.8 Å². The second kappa shape index (κ2) is 8.70. The Bertz CT molecular complexity index is 916. The van der Waals surface area contributed by atoms with Crippen molar-refractivity contribution in [3.05, 3.63) is 64.2 Å². The first kappa shape index (κ1) is 19.0. The lowest BCUT2D eigenvalue weighted by Crippen LogP contribution is -2.29. The number of carbonyl (C=O) groups excluding carboxylic acids is 2. The largest absolute Gasteiger partial charge is 0.546 e. The lowest BCUT2D eigenvalue weighted by molar-refractivity contribution is -0.307. The number of nitrogens with zero attached hydrogens (tertiary/aromatic N) is 1. The fourth-order valence-corrected chi connectivity index (χ4v) is 2.28. The highest BCUT2D eigenvalue weighted by Gasteiger charge is 2.13. The minimum Gasteiger partial charge on any atom is -0.546 e. The van der Waals surface area contributed by atoms with Gasteiger partial charge < -0.3 is 20.0 Å². The molecule has 132 valence electrons. The van der Waals surface area contributed by atoms with Crippen LogP contribution in [0.2, 0.25) is 5.02 Å². The number of hydrogen-bond donors (Lipinski definition) is 1. The molecule has 0 unspecified atom stereocenters. The van der Waals surface area contributed by atoms with Crippen LogP contribution < -0.4 is 15.2 Å². The molecule has 2 aromatic rings. The van der Waals surface area contributed by atoms with Gasteiger partial charge in [0.05, 0.1) is 5.97 Å². The number of carboxylic acid groups (broad SMARTS) is 1. The van der Waals surface area contributed by atoms with Gasteiger partial charge in [0.15, 0.2) is 0 Å². The van der Waals surface area contributed by atoms with Crippen LogP contribution in [0, 0.1) is 18.3 Å². The molecule has 7 heteroatoms. The van der Waals surface area contributed by atoms with Gasteiger partial charge in [-0.15, -0.1) is 0 Å². The van der Waals surface area contributed by atoms with Crippen LogP contribution in [0.1, 0.15) is 11.1 Å². The van der Waals surface area contributed by atoms with Crippen molar-refractivity contribution in [2.45, 2.75) is 6.92 Å². The van der Waals surface area contributed by atoms with Crippen molar-refractivity contribution in [1.29, 1.82) is 5.26 Å². The zero-order valence-corrected chi connectivity index (χ0v) is 14.5. The van der Waals surface area contributed by atoms with Gasteiger partial charge in [-0.2, -0.15) is 5.26 Å². The van der Waals surface area contributed by atoms with Crippen molar-refractivity contribution in [3.8, 4) is 11.8 Å². The fraction of sp³-hybridized carbons (Fsp3) is 0.105. The van der Waals surface area contributed by atoms with Gasteiger partial charge in [0.1, 0.15) is 24.0 Å². The maximum Gasteiger partial charge on any atom is 0.266 e. The third-order valence-corrected chi connectivity index (χ3v) is 3.85. The van der Waals surface area contributed by atoms with Gasteiger partial charge in [-0.3, -0.25) is 4.79 Å². The second-order valence-electron chi connectivity index (χ2n) is 5.23. The van der Waals surface area contributed by atoms with E-state index in [1.54, 1.807) is 43.3 Å². The Hall–Kier alpha value is -3.30. The number of nitrogens with one attached hydrogen (secondary N) is 1. The number of carboxylic acids is 1. The fourth-order valence-electron chi connectivity index (χ4n) is 2.10. The van der Waals surface area contributed by atoms with Crippen LogP contribution in [0.5, 0.6) is 5.75 Å². The normalized spacial score (nSPS) is 10.7. The Balaban J connectivity index is 2.28. The summed E-state index contributed by atoms with van der Waals surface area (Å²) in [4.78, 5) is 23.0. The topological polar surface area (TPSA) is 102 Å². The van der Waals surface area contributed by atoms with Crippen LogP contribution in [-0.4, -0.2) is 18.5 Å². The Morgan fingerprint density at radius 2 is 2.00 bits per heavy atom. The van der Waals surface area contributed by atoms with Crippen molar-refractivity contribution in [3.63, 3.8) is 0 Å². The number of anilines is 1. The first-order valence-corrected chi connectivity index (χ1v) is 7.90. The van der Waals surface area contributed by atoms with Crippen molar-refractivity contribution < 1.29 is 19.4 Å². The van der Waals surface area contributed by atoms with E-state index in [-0.39, 0.29) is 11.3 Å². The zero-order chi connectivity index (χ0) is 19.1. The number of ether oxygens (including phenoxy) is 1. The molecule has 0 heterocycles. The Labute approximate surface area is 155 Å². The molecule has 2 aromatic carbocycles. The minimum atomic E-state index is -1.38. The van der Waals surface area contributed by atoms with E-state index in [2.05, 4.69) is 5.32 Å². The summed E-state index contributed by atoms with van der Waals surface area (Å²) in [5.41, 5.74) is 1.39. The average Bonchev–Trinajstić information content (AvgIpc) is 2.62. The van der Waals surface area contributed by atoms with Crippen LogP contribution in [-0.2, 0) is 9.59 Å². The number of rotatable bonds is 6. The summed E-state index contributed by atoms with van der Waals surface area (Å²) in [6.07, 6.45) is 1.32. The third kappa shape index (κ3) is 4.85. The standard InChI is InChI=1S/C19H15ClN2O4/c1-12-15(20)6-4-7-16(12)22-19(25)14(10-21)9-13-5-2-3-8-17(13)26-11-18(23)24/h2-9H,11H2,1H3,(H,22,25)(H,23,24)/p-1/b14-9+. The molecule has 1 N–H and O–H groups in total. The number of nitriles is 1. The van der Waals surface area contributed by atoms with Crippen molar-refractivity contribution in [2.24, 2.45) is 0 Å². The number of halogens is 1. The molecule has 0 atom stereocenters. The van der Waals surface area contributed by atoms with Gasteiger partial charge >= 0.3 is 0 Å². The molecule has 0 saturated carbocycles. The zero-order valence-electron chi connectivity index (χ0n) is 13.8. The van der Waals surface area contributed by atoms with Gasteiger partial charge in [0, 0.05) is 16.3 Å². The second-order valence-corrected chi connectivity index (χ2v) is 5.64. The molecule has 0 spiro atoms. The van der Waals surface area contributed by atoms with Crippen LogP contribution in [0.3, 0.4) is 0 Å². The smallest absolute Gasteiger partial charge is 0.266 e. The number of benzene rings is 2. The number of hydrogen-bond acceptors (Lipinski definition) is 5. The molecule has 1 amide bonds. The van der Waals surface area contributed by atoms with Gasteiger partial charge in [0.2, 0.25) is 0 Å². The summed E-state index contributed by atoms with van der Waals surface area (Å²) in [6.45, 7) is 1.11. The van der Waals surface area contributed by atoms with Crippen molar-refractivity contribution >= 4 is 35.2 Å². The van der Waals surface area contributed by atoms with Gasteiger partial charge in [-0.25, -0.2) is 0 Å². The van der Waals surface area contributed by atoms with E-state index in [9.17, 15) is 20.0 Å². The monoisotopic (exact) mass is 369 g/mol. The maximum absolute atomic E-state index is 12.4. The van der Waals surface area contributed by atoms with Gasteiger partial charge in [-0.1, -0.05) is 35.9 Å². The Morgan fingerprint density at radius 1 is 1.27 bits per heavy atom. The molecule has 0 fully saturated rings. The third-order valence-electron chi connectivity index (χ3n) is 3.45. The molecule has 6 nitrogen and oxygen atoms in total. The predicted octanol–water partition coefficient (Wildman–Crippen LogP) is 2.32. The number of para-hydroxylation sites is 1. The molecule has 0 aliphatic carbocycles. The molecule has 0 aliphatic heterocycles. The van der Waals surface area contributed by atoms with E-state index in [1.807, 2.05) is 6.07 Å². The van der Waals surface area contributed by atoms with Crippen LogP contribution >= 0.6 is 11.6 Å². The summed E-state index contributed by atoms with van der Waals surface area (Å²) < 4.78 is 5.11. The highest BCUT2D eigenvalue weighted by atomic mass is 35.5. The number of carbonyl (C=O) groups is 2. The highest BCUT2D eigenvalue weighted by molar-refractivity contribution is 6.31. The summed E-state index contributed by atoms with van der Waals surface area (Å²) >= 11 is 6.02. The lowest BCUT2D eigenvalue weighted by Gasteiger charge is -2.11. The Kier molecular flexibility index (Phi) is 6.36. The Morgan fingerprint density at radius 3 is 2.69 bits per heavy atom. The highest BCUT2D eigenvalue weighted by Crippen LogP contribution is 2.24. The van der Waals surface area contributed by atoms with Gasteiger partial charge in [-0.05, 0) is 36.8 Å². The van der Waals surface area contributed by atoms with E-state index >= 15 is 0 Å². The van der Waals surface area contributed by atoms with Crippen molar-refractivity contribution in [2.75, 3.05) is 11.9 Å².